The van der Waals surface area contributed by atoms with Gasteiger partial charge in [-0.2, -0.15) is 5.10 Å². The van der Waals surface area contributed by atoms with Gasteiger partial charge in [0.1, 0.15) is 0 Å². The predicted octanol–water partition coefficient (Wildman–Crippen LogP) is 2.25. The number of nitrogens with zero attached hydrogens (tertiary/aromatic N) is 4. The third-order valence-corrected chi connectivity index (χ3v) is 7.18. The number of likely N-dealkylation sites (tertiary alicyclic amines) is 1. The van der Waals surface area contributed by atoms with Crippen molar-refractivity contribution >= 4 is 5.91 Å². The lowest BCUT2D eigenvalue weighted by atomic mass is 9.90. The van der Waals surface area contributed by atoms with Gasteiger partial charge in [-0.1, -0.05) is 6.08 Å². The fourth-order valence-corrected chi connectivity index (χ4v) is 5.23. The Balaban J connectivity index is 1.46. The minimum atomic E-state index is 0.0868. The van der Waals surface area contributed by atoms with Crippen LogP contribution in [0.15, 0.2) is 12.7 Å². The summed E-state index contributed by atoms with van der Waals surface area (Å²) in [5.74, 6) is 0.119. The number of amides is 1. The largest absolute Gasteiger partial charge is 0.379 e. The molecule has 0 saturated carbocycles. The molecule has 2 saturated heterocycles. The molecule has 7 nitrogen and oxygen atoms in total. The van der Waals surface area contributed by atoms with Gasteiger partial charge in [0.05, 0.1) is 19.8 Å². The van der Waals surface area contributed by atoms with E-state index in [4.69, 9.17) is 9.84 Å². The quantitative estimate of drug-likeness (QED) is 0.674. The number of hydrogen-bond acceptors (Lipinski definition) is 5. The highest BCUT2D eigenvalue weighted by Gasteiger charge is 2.33. The second-order valence-electron chi connectivity index (χ2n) is 9.83. The van der Waals surface area contributed by atoms with E-state index in [1.54, 1.807) is 0 Å². The van der Waals surface area contributed by atoms with Crippen molar-refractivity contribution in [3.63, 3.8) is 0 Å². The van der Waals surface area contributed by atoms with Crippen molar-refractivity contribution in [2.45, 2.75) is 70.5 Å². The Bertz CT molecular complexity index is 775. The fraction of sp³-hybridized carbons (Fsp3) is 0.750. The number of piperidine rings is 1. The zero-order valence-electron chi connectivity index (χ0n) is 19.4. The van der Waals surface area contributed by atoms with Crippen molar-refractivity contribution < 1.29 is 9.53 Å². The molecular weight excluding hydrogens is 390 g/mol. The molecule has 1 atom stereocenters. The summed E-state index contributed by atoms with van der Waals surface area (Å²) in [6.07, 6.45) is 8.20. The molecule has 1 amide bonds. The summed E-state index contributed by atoms with van der Waals surface area (Å²) in [6, 6.07) is 0.377. The summed E-state index contributed by atoms with van der Waals surface area (Å²) >= 11 is 0. The molecule has 2 aliphatic heterocycles. The van der Waals surface area contributed by atoms with Crippen LogP contribution in [0.4, 0.5) is 0 Å². The van der Waals surface area contributed by atoms with E-state index in [1.807, 2.05) is 15.7 Å². The first-order chi connectivity index (χ1) is 15.0. The molecule has 1 N–H and O–H groups in total. The number of hydrogen-bond donors (Lipinski definition) is 1. The molecule has 3 heterocycles. The number of fused-ring (bicyclic) bond motifs is 1. The number of aromatic nitrogens is 2. The Morgan fingerprint density at radius 2 is 1.97 bits per heavy atom. The molecule has 4 rings (SSSR count). The number of ether oxygens (including phenoxy) is 1. The predicted molar refractivity (Wildman–Crippen MR) is 122 cm³/mol. The monoisotopic (exact) mass is 429 g/mol. The Kier molecular flexibility index (Phi) is 7.14. The van der Waals surface area contributed by atoms with E-state index >= 15 is 0 Å². The normalized spacial score (nSPS) is 22.9. The van der Waals surface area contributed by atoms with Crippen LogP contribution in [0.3, 0.4) is 0 Å². The summed E-state index contributed by atoms with van der Waals surface area (Å²) in [5, 5.41) is 8.60. The Morgan fingerprint density at radius 3 is 2.68 bits per heavy atom. The van der Waals surface area contributed by atoms with E-state index in [-0.39, 0.29) is 11.4 Å². The minimum Gasteiger partial charge on any atom is -0.379 e. The van der Waals surface area contributed by atoms with Crippen LogP contribution in [-0.2, 0) is 24.1 Å². The number of nitrogens with one attached hydrogen (secondary N) is 1. The molecule has 31 heavy (non-hydrogen) atoms. The lowest BCUT2D eigenvalue weighted by Gasteiger charge is -2.42. The Morgan fingerprint density at radius 1 is 1.23 bits per heavy atom. The van der Waals surface area contributed by atoms with Crippen LogP contribution in [0.1, 0.15) is 61.3 Å². The lowest BCUT2D eigenvalue weighted by molar-refractivity contribution is -0.0104. The lowest BCUT2D eigenvalue weighted by Crippen LogP contribution is -2.56. The summed E-state index contributed by atoms with van der Waals surface area (Å²) in [6.45, 7) is 15.4. The third kappa shape index (κ3) is 5.04. The van der Waals surface area contributed by atoms with Crippen LogP contribution in [0.25, 0.3) is 0 Å². The Labute approximate surface area is 186 Å². The number of carbonyl (C=O) groups excluding carboxylic acids is 1. The molecule has 1 aromatic rings. The second-order valence-corrected chi connectivity index (χ2v) is 9.83. The summed E-state index contributed by atoms with van der Waals surface area (Å²) < 4.78 is 7.53. The maximum Gasteiger partial charge on any atom is 0.274 e. The van der Waals surface area contributed by atoms with E-state index < -0.39 is 0 Å². The summed E-state index contributed by atoms with van der Waals surface area (Å²) in [4.78, 5) is 17.8. The van der Waals surface area contributed by atoms with Crippen molar-refractivity contribution in [3.8, 4) is 0 Å². The van der Waals surface area contributed by atoms with Crippen LogP contribution < -0.4 is 5.32 Å². The SMILES string of the molecule is C=CCn1nc(C(=O)N2CCCCC2)c2c1CCC(NCC(C)(C)N1CCOCC1)C2. The van der Waals surface area contributed by atoms with Gasteiger partial charge < -0.3 is 15.0 Å². The fourth-order valence-electron chi connectivity index (χ4n) is 5.23. The highest BCUT2D eigenvalue weighted by molar-refractivity contribution is 5.94. The zero-order chi connectivity index (χ0) is 21.8. The molecule has 3 aliphatic rings. The number of allylic oxidation sites excluding steroid dienone is 1. The van der Waals surface area contributed by atoms with Gasteiger partial charge in [-0.15, -0.1) is 6.58 Å². The molecule has 1 aliphatic carbocycles. The van der Waals surface area contributed by atoms with E-state index in [0.29, 0.717) is 18.3 Å². The van der Waals surface area contributed by atoms with Gasteiger partial charge in [0.15, 0.2) is 5.69 Å². The molecule has 0 spiro atoms. The summed E-state index contributed by atoms with van der Waals surface area (Å²) in [7, 11) is 0. The standard InChI is InChI=1S/C24H39N5O2/c1-4-10-29-21-9-8-19(25-18-24(2,3)28-13-15-31-16-14-28)17-20(21)22(26-29)23(30)27-11-6-5-7-12-27/h4,19,25H,1,5-18H2,2-3H3. The average Bonchev–Trinajstić information content (AvgIpc) is 3.16. The van der Waals surface area contributed by atoms with Crippen LogP contribution in [0.5, 0.6) is 0 Å². The van der Waals surface area contributed by atoms with Crippen molar-refractivity contribution in [2.24, 2.45) is 0 Å². The second kappa shape index (κ2) is 9.84. The van der Waals surface area contributed by atoms with Crippen molar-refractivity contribution in [2.75, 3.05) is 45.9 Å². The topological polar surface area (TPSA) is 62.6 Å². The number of rotatable bonds is 7. The molecule has 172 valence electrons. The smallest absolute Gasteiger partial charge is 0.274 e. The van der Waals surface area contributed by atoms with Crippen molar-refractivity contribution in [1.82, 2.24) is 24.9 Å². The molecule has 0 aromatic carbocycles. The first-order valence-electron chi connectivity index (χ1n) is 12.0. The first-order valence-corrected chi connectivity index (χ1v) is 12.0. The molecule has 0 radical (unpaired) electrons. The van der Waals surface area contributed by atoms with Gasteiger partial charge >= 0.3 is 0 Å². The number of carbonyl (C=O) groups is 1. The molecule has 1 aromatic heterocycles. The van der Waals surface area contributed by atoms with Crippen LogP contribution >= 0.6 is 0 Å². The number of morpholine rings is 1. The van der Waals surface area contributed by atoms with Gasteiger partial charge in [0.2, 0.25) is 0 Å². The van der Waals surface area contributed by atoms with E-state index in [1.165, 1.54) is 12.1 Å². The molecule has 1 unspecified atom stereocenters. The molecule has 7 heteroatoms. The van der Waals surface area contributed by atoms with Gasteiger partial charge in [-0.3, -0.25) is 14.4 Å². The van der Waals surface area contributed by atoms with Gasteiger partial charge in [0, 0.05) is 55.6 Å². The van der Waals surface area contributed by atoms with Gasteiger partial charge in [-0.25, -0.2) is 0 Å². The highest BCUT2D eigenvalue weighted by Crippen LogP contribution is 2.27. The average molecular weight is 430 g/mol. The maximum absolute atomic E-state index is 13.3. The van der Waals surface area contributed by atoms with E-state index in [9.17, 15) is 4.79 Å². The van der Waals surface area contributed by atoms with Gasteiger partial charge in [0.25, 0.3) is 5.91 Å². The minimum absolute atomic E-state index is 0.0868. The van der Waals surface area contributed by atoms with E-state index in [2.05, 4.69) is 30.6 Å². The summed E-state index contributed by atoms with van der Waals surface area (Å²) in [5.41, 5.74) is 3.15. The zero-order valence-corrected chi connectivity index (χ0v) is 19.4. The third-order valence-electron chi connectivity index (χ3n) is 7.18. The van der Waals surface area contributed by atoms with Crippen molar-refractivity contribution in [1.29, 1.82) is 0 Å². The first kappa shape index (κ1) is 22.5. The Hall–Kier alpha value is -1.70. The van der Waals surface area contributed by atoms with Crippen LogP contribution in [0, 0.1) is 0 Å². The van der Waals surface area contributed by atoms with E-state index in [0.717, 1.165) is 83.6 Å². The maximum atomic E-state index is 13.3. The molecule has 2 fully saturated rings. The van der Waals surface area contributed by atoms with Gasteiger partial charge in [-0.05, 0) is 52.4 Å². The highest BCUT2D eigenvalue weighted by atomic mass is 16.5. The van der Waals surface area contributed by atoms with Crippen molar-refractivity contribution in [3.05, 3.63) is 29.6 Å². The van der Waals surface area contributed by atoms with Crippen LogP contribution in [0.2, 0.25) is 0 Å². The molecular formula is C24H39N5O2. The van der Waals surface area contributed by atoms with Crippen LogP contribution in [-0.4, -0.2) is 83.0 Å². The molecule has 0 bridgehead atoms.